The first kappa shape index (κ1) is 18.6. The maximum absolute atomic E-state index is 12.2. The Labute approximate surface area is 149 Å². The zero-order valence-electron chi connectivity index (χ0n) is 15.1. The molecule has 2 aromatic carbocycles. The van der Waals surface area contributed by atoms with Crippen LogP contribution in [0.5, 0.6) is 11.5 Å². The third-order valence-electron chi connectivity index (χ3n) is 4.12. The fourth-order valence-corrected chi connectivity index (χ4v) is 2.65. The van der Waals surface area contributed by atoms with Gasteiger partial charge < -0.3 is 19.7 Å². The van der Waals surface area contributed by atoms with Gasteiger partial charge in [-0.25, -0.2) is 4.79 Å². The van der Waals surface area contributed by atoms with Crippen LogP contribution in [0.2, 0.25) is 0 Å². The first-order chi connectivity index (χ1) is 12.2. The minimum Gasteiger partial charge on any atom is -0.496 e. The molecule has 0 bridgehead atoms. The number of hydrogen-bond donors (Lipinski definition) is 1. The number of methoxy groups -OCH3 is 2. The molecule has 0 radical (unpaired) electrons. The van der Waals surface area contributed by atoms with Crippen molar-refractivity contribution in [3.63, 3.8) is 0 Å². The van der Waals surface area contributed by atoms with E-state index in [1.54, 1.807) is 26.2 Å². The fourth-order valence-electron chi connectivity index (χ4n) is 2.65. The number of likely N-dealkylation sites (N-methyl/N-ethyl adjacent to an activating group) is 1. The second-order valence-electron chi connectivity index (χ2n) is 5.78. The first-order valence-electron chi connectivity index (χ1n) is 8.38. The SMILES string of the molecule is COc1ccccc1CCNC(=O)N(C)CCc1ccccc1OC. The van der Waals surface area contributed by atoms with Crippen molar-refractivity contribution < 1.29 is 14.3 Å². The molecule has 5 heteroatoms. The number of nitrogens with one attached hydrogen (secondary N) is 1. The lowest BCUT2D eigenvalue weighted by atomic mass is 10.1. The molecular weight excluding hydrogens is 316 g/mol. The molecule has 0 saturated carbocycles. The average molecular weight is 342 g/mol. The van der Waals surface area contributed by atoms with Gasteiger partial charge in [-0.3, -0.25) is 0 Å². The predicted molar refractivity (Wildman–Crippen MR) is 99.4 cm³/mol. The van der Waals surface area contributed by atoms with Crippen LogP contribution in [0, 0.1) is 0 Å². The van der Waals surface area contributed by atoms with Gasteiger partial charge in [-0.05, 0) is 36.1 Å². The number of benzene rings is 2. The second-order valence-corrected chi connectivity index (χ2v) is 5.78. The van der Waals surface area contributed by atoms with Gasteiger partial charge in [0.1, 0.15) is 11.5 Å². The van der Waals surface area contributed by atoms with Gasteiger partial charge in [0.15, 0.2) is 0 Å². The summed E-state index contributed by atoms with van der Waals surface area (Å²) in [5, 5.41) is 2.95. The lowest BCUT2D eigenvalue weighted by Crippen LogP contribution is -2.39. The van der Waals surface area contributed by atoms with Crippen LogP contribution in [0.15, 0.2) is 48.5 Å². The van der Waals surface area contributed by atoms with Crippen molar-refractivity contribution in [2.24, 2.45) is 0 Å². The standard InChI is InChI=1S/C20H26N2O3/c1-22(15-13-17-9-5-7-11-19(17)25-3)20(23)21-14-12-16-8-4-6-10-18(16)24-2/h4-11H,12-15H2,1-3H3,(H,21,23). The molecule has 25 heavy (non-hydrogen) atoms. The molecule has 0 aliphatic carbocycles. The van der Waals surface area contributed by atoms with E-state index in [0.717, 1.165) is 35.5 Å². The van der Waals surface area contributed by atoms with Crippen molar-refractivity contribution in [1.29, 1.82) is 0 Å². The molecule has 0 spiro atoms. The summed E-state index contributed by atoms with van der Waals surface area (Å²) in [5.74, 6) is 1.70. The highest BCUT2D eigenvalue weighted by Crippen LogP contribution is 2.18. The molecule has 0 heterocycles. The number of carbonyl (C=O) groups is 1. The molecule has 2 rings (SSSR count). The number of rotatable bonds is 8. The van der Waals surface area contributed by atoms with Gasteiger partial charge in [0.2, 0.25) is 0 Å². The molecule has 2 aromatic rings. The summed E-state index contributed by atoms with van der Waals surface area (Å²) >= 11 is 0. The quantitative estimate of drug-likeness (QED) is 0.802. The van der Waals surface area contributed by atoms with Crippen molar-refractivity contribution in [3.8, 4) is 11.5 Å². The first-order valence-corrected chi connectivity index (χ1v) is 8.38. The van der Waals surface area contributed by atoms with Gasteiger partial charge in [-0.1, -0.05) is 36.4 Å². The lowest BCUT2D eigenvalue weighted by molar-refractivity contribution is 0.209. The Balaban J connectivity index is 1.78. The Hall–Kier alpha value is -2.69. The number of para-hydroxylation sites is 2. The highest BCUT2D eigenvalue weighted by Gasteiger charge is 2.10. The number of carbonyl (C=O) groups excluding carboxylic acids is 1. The highest BCUT2D eigenvalue weighted by atomic mass is 16.5. The van der Waals surface area contributed by atoms with Gasteiger partial charge in [-0.2, -0.15) is 0 Å². The molecule has 0 aliphatic rings. The van der Waals surface area contributed by atoms with Crippen LogP contribution in [0.3, 0.4) is 0 Å². The van der Waals surface area contributed by atoms with E-state index in [0.29, 0.717) is 13.1 Å². The molecule has 0 aliphatic heterocycles. The molecule has 2 amide bonds. The van der Waals surface area contributed by atoms with Crippen molar-refractivity contribution in [2.75, 3.05) is 34.4 Å². The molecule has 134 valence electrons. The molecular formula is C20H26N2O3. The molecule has 0 saturated heterocycles. The number of amides is 2. The molecule has 0 atom stereocenters. The summed E-state index contributed by atoms with van der Waals surface area (Å²) in [6.45, 7) is 1.19. The summed E-state index contributed by atoms with van der Waals surface area (Å²) in [6, 6.07) is 15.6. The van der Waals surface area contributed by atoms with Gasteiger partial charge in [0.25, 0.3) is 0 Å². The van der Waals surface area contributed by atoms with E-state index < -0.39 is 0 Å². The summed E-state index contributed by atoms with van der Waals surface area (Å²) in [6.07, 6.45) is 1.48. The van der Waals surface area contributed by atoms with E-state index in [4.69, 9.17) is 9.47 Å². The average Bonchev–Trinajstić information content (AvgIpc) is 2.66. The zero-order valence-corrected chi connectivity index (χ0v) is 15.1. The Morgan fingerprint density at radius 3 is 2.00 bits per heavy atom. The number of urea groups is 1. The van der Waals surface area contributed by atoms with Crippen molar-refractivity contribution in [1.82, 2.24) is 10.2 Å². The molecule has 5 nitrogen and oxygen atoms in total. The zero-order chi connectivity index (χ0) is 18.1. The maximum Gasteiger partial charge on any atom is 0.317 e. The largest absolute Gasteiger partial charge is 0.496 e. The summed E-state index contributed by atoms with van der Waals surface area (Å²) in [4.78, 5) is 13.9. The van der Waals surface area contributed by atoms with E-state index in [9.17, 15) is 4.79 Å². The van der Waals surface area contributed by atoms with Crippen molar-refractivity contribution >= 4 is 6.03 Å². The fraction of sp³-hybridized carbons (Fsp3) is 0.350. The van der Waals surface area contributed by atoms with E-state index >= 15 is 0 Å². The van der Waals surface area contributed by atoms with Crippen molar-refractivity contribution in [2.45, 2.75) is 12.8 Å². The Kier molecular flexibility index (Phi) is 7.14. The van der Waals surface area contributed by atoms with Crippen LogP contribution in [0.25, 0.3) is 0 Å². The van der Waals surface area contributed by atoms with E-state index in [2.05, 4.69) is 5.32 Å². The molecule has 1 N–H and O–H groups in total. The maximum atomic E-state index is 12.2. The summed E-state index contributed by atoms with van der Waals surface area (Å²) in [5.41, 5.74) is 2.18. The van der Waals surface area contributed by atoms with E-state index in [1.165, 1.54) is 0 Å². The third kappa shape index (κ3) is 5.41. The predicted octanol–water partition coefficient (Wildman–Crippen LogP) is 3.13. The third-order valence-corrected chi connectivity index (χ3v) is 4.12. The number of nitrogens with zero attached hydrogens (tertiary/aromatic N) is 1. The van der Waals surface area contributed by atoms with Crippen LogP contribution < -0.4 is 14.8 Å². The minimum atomic E-state index is -0.0789. The smallest absolute Gasteiger partial charge is 0.317 e. The normalized spacial score (nSPS) is 10.2. The van der Waals surface area contributed by atoms with Crippen LogP contribution >= 0.6 is 0 Å². The van der Waals surface area contributed by atoms with Gasteiger partial charge >= 0.3 is 6.03 Å². The van der Waals surface area contributed by atoms with Crippen molar-refractivity contribution in [3.05, 3.63) is 59.7 Å². The Morgan fingerprint density at radius 2 is 1.44 bits per heavy atom. The monoisotopic (exact) mass is 342 g/mol. The lowest BCUT2D eigenvalue weighted by Gasteiger charge is -2.19. The van der Waals surface area contributed by atoms with E-state index in [-0.39, 0.29) is 6.03 Å². The number of hydrogen-bond acceptors (Lipinski definition) is 3. The van der Waals surface area contributed by atoms with Crippen LogP contribution in [-0.2, 0) is 12.8 Å². The van der Waals surface area contributed by atoms with Crippen LogP contribution in [0.4, 0.5) is 4.79 Å². The second kappa shape index (κ2) is 9.57. The van der Waals surface area contributed by atoms with E-state index in [1.807, 2.05) is 48.5 Å². The summed E-state index contributed by atoms with van der Waals surface area (Å²) < 4.78 is 10.7. The van der Waals surface area contributed by atoms with Gasteiger partial charge in [-0.15, -0.1) is 0 Å². The number of ether oxygens (including phenoxy) is 2. The summed E-state index contributed by atoms with van der Waals surface area (Å²) in [7, 11) is 5.12. The van der Waals surface area contributed by atoms with Crippen LogP contribution in [-0.4, -0.2) is 45.3 Å². The molecule has 0 fully saturated rings. The minimum absolute atomic E-state index is 0.0789. The van der Waals surface area contributed by atoms with Gasteiger partial charge in [0, 0.05) is 20.1 Å². The molecule has 0 aromatic heterocycles. The Morgan fingerprint density at radius 1 is 0.920 bits per heavy atom. The van der Waals surface area contributed by atoms with Gasteiger partial charge in [0.05, 0.1) is 14.2 Å². The highest BCUT2D eigenvalue weighted by molar-refractivity contribution is 5.73. The Bertz CT molecular complexity index is 688. The topological polar surface area (TPSA) is 50.8 Å². The van der Waals surface area contributed by atoms with Crippen LogP contribution in [0.1, 0.15) is 11.1 Å². The molecule has 0 unspecified atom stereocenters.